The molecule has 0 spiro atoms. The van der Waals surface area contributed by atoms with Crippen LogP contribution in [-0.4, -0.2) is 29.7 Å². The van der Waals surface area contributed by atoms with Crippen molar-refractivity contribution in [1.82, 2.24) is 29.7 Å². The molecule has 0 aliphatic rings. The number of aromatic nitrogens is 6. The zero-order valence-corrected chi connectivity index (χ0v) is 12.9. The van der Waals surface area contributed by atoms with E-state index in [0.717, 1.165) is 0 Å². The van der Waals surface area contributed by atoms with Gasteiger partial charge in [0.1, 0.15) is 23.3 Å². The number of rotatable bonds is 3. The first-order valence-electron chi connectivity index (χ1n) is 6.92. The van der Waals surface area contributed by atoms with Crippen molar-refractivity contribution in [1.29, 1.82) is 0 Å². The lowest BCUT2D eigenvalue weighted by molar-refractivity contribution is 0.461. The minimum absolute atomic E-state index is 0.248. The largest absolute Gasteiger partial charge is 0.437 e. The highest BCUT2D eigenvalue weighted by Crippen LogP contribution is 2.32. The summed E-state index contributed by atoms with van der Waals surface area (Å²) in [6.07, 6.45) is 4.57. The molecule has 8 nitrogen and oxygen atoms in total. The number of halogens is 1. The Labute approximate surface area is 140 Å². The van der Waals surface area contributed by atoms with Gasteiger partial charge in [0.2, 0.25) is 0 Å². The monoisotopic (exact) mass is 339 g/mol. The highest BCUT2D eigenvalue weighted by atomic mass is 35.5. The molecule has 0 aliphatic carbocycles. The van der Waals surface area contributed by atoms with Crippen LogP contribution in [0.5, 0.6) is 11.6 Å². The third-order valence-electron chi connectivity index (χ3n) is 3.21. The van der Waals surface area contributed by atoms with Gasteiger partial charge in [-0.1, -0.05) is 17.7 Å². The normalized spacial score (nSPS) is 10.9. The molecule has 4 aromatic rings. The molecule has 0 saturated carbocycles. The minimum atomic E-state index is 0.248. The standard InChI is InChI=1S/C15H10ClN7O/c16-9-3-1-4-10(7-9)24-14-11-12(17)20-8-21-13(11)23(22-14)15-18-5-2-6-19-15/h1-8H,(H2,17,20,21). The first kappa shape index (κ1) is 14.3. The maximum absolute atomic E-state index is 5.99. The number of anilines is 1. The van der Waals surface area contributed by atoms with Crippen LogP contribution in [0.25, 0.3) is 17.0 Å². The van der Waals surface area contributed by atoms with Gasteiger partial charge < -0.3 is 10.5 Å². The van der Waals surface area contributed by atoms with E-state index in [4.69, 9.17) is 22.1 Å². The summed E-state index contributed by atoms with van der Waals surface area (Å²) in [5.41, 5.74) is 6.43. The van der Waals surface area contributed by atoms with Crippen LogP contribution in [-0.2, 0) is 0 Å². The maximum atomic E-state index is 5.99. The van der Waals surface area contributed by atoms with Crippen LogP contribution in [0.2, 0.25) is 5.02 Å². The molecule has 3 aromatic heterocycles. The fourth-order valence-electron chi connectivity index (χ4n) is 2.20. The minimum Gasteiger partial charge on any atom is -0.437 e. The number of hydrogen-bond donors (Lipinski definition) is 1. The Hall–Kier alpha value is -3.26. The maximum Gasteiger partial charge on any atom is 0.252 e. The van der Waals surface area contributed by atoms with Gasteiger partial charge in [0.25, 0.3) is 11.8 Å². The number of nitrogens with two attached hydrogens (primary N) is 1. The molecule has 2 N–H and O–H groups in total. The highest BCUT2D eigenvalue weighted by molar-refractivity contribution is 6.30. The zero-order valence-electron chi connectivity index (χ0n) is 12.2. The highest BCUT2D eigenvalue weighted by Gasteiger charge is 2.19. The van der Waals surface area contributed by atoms with E-state index in [1.54, 1.807) is 42.7 Å². The van der Waals surface area contributed by atoms with Crippen molar-refractivity contribution in [2.24, 2.45) is 0 Å². The van der Waals surface area contributed by atoms with Crippen molar-refractivity contribution in [2.45, 2.75) is 0 Å². The van der Waals surface area contributed by atoms with E-state index in [9.17, 15) is 0 Å². The molecule has 0 bridgehead atoms. The molecule has 0 radical (unpaired) electrons. The molecule has 24 heavy (non-hydrogen) atoms. The molecule has 0 atom stereocenters. The Morgan fingerprint density at radius 3 is 2.67 bits per heavy atom. The number of nitrogens with zero attached hydrogens (tertiary/aromatic N) is 6. The molecule has 4 rings (SSSR count). The molecule has 9 heteroatoms. The van der Waals surface area contributed by atoms with Gasteiger partial charge in [-0.25, -0.2) is 19.9 Å². The Kier molecular flexibility index (Phi) is 3.43. The Morgan fingerprint density at radius 1 is 1.04 bits per heavy atom. The van der Waals surface area contributed by atoms with Crippen LogP contribution < -0.4 is 10.5 Å². The number of hydrogen-bond acceptors (Lipinski definition) is 7. The van der Waals surface area contributed by atoms with Crippen LogP contribution in [0.15, 0.2) is 49.1 Å². The van der Waals surface area contributed by atoms with Crippen molar-refractivity contribution < 1.29 is 4.74 Å². The van der Waals surface area contributed by atoms with Crippen LogP contribution in [0, 0.1) is 0 Å². The molecule has 1 aromatic carbocycles. The molecule has 0 saturated heterocycles. The van der Waals surface area contributed by atoms with E-state index in [1.165, 1.54) is 11.0 Å². The summed E-state index contributed by atoms with van der Waals surface area (Å²) in [5, 5.41) is 5.41. The molecular weight excluding hydrogens is 330 g/mol. The number of fused-ring (bicyclic) bond motifs is 1. The van der Waals surface area contributed by atoms with E-state index >= 15 is 0 Å². The predicted molar refractivity (Wildman–Crippen MR) is 88.2 cm³/mol. The van der Waals surface area contributed by atoms with Gasteiger partial charge in [-0.2, -0.15) is 4.68 Å². The van der Waals surface area contributed by atoms with Crippen LogP contribution in [0.4, 0.5) is 5.82 Å². The van der Waals surface area contributed by atoms with Gasteiger partial charge in [0.15, 0.2) is 5.65 Å². The van der Waals surface area contributed by atoms with Crippen molar-refractivity contribution in [2.75, 3.05) is 5.73 Å². The van der Waals surface area contributed by atoms with Gasteiger partial charge in [-0.3, -0.25) is 0 Å². The van der Waals surface area contributed by atoms with E-state index in [2.05, 4.69) is 25.0 Å². The predicted octanol–water partition coefficient (Wildman–Crippen LogP) is 2.63. The summed E-state index contributed by atoms with van der Waals surface area (Å²) in [4.78, 5) is 16.6. The Balaban J connectivity index is 1.90. The molecular formula is C15H10ClN7O. The van der Waals surface area contributed by atoms with E-state index in [1.807, 2.05) is 0 Å². The van der Waals surface area contributed by atoms with Gasteiger partial charge in [-0.05, 0) is 24.3 Å². The third kappa shape index (κ3) is 2.48. The smallest absolute Gasteiger partial charge is 0.252 e. The zero-order chi connectivity index (χ0) is 16.5. The van der Waals surface area contributed by atoms with Crippen molar-refractivity contribution in [3.8, 4) is 17.6 Å². The summed E-state index contributed by atoms with van der Waals surface area (Å²) >= 11 is 5.99. The second-order valence-electron chi connectivity index (χ2n) is 4.78. The summed E-state index contributed by atoms with van der Waals surface area (Å²) in [6, 6.07) is 8.67. The molecule has 118 valence electrons. The van der Waals surface area contributed by atoms with Crippen LogP contribution in [0.1, 0.15) is 0 Å². The average Bonchev–Trinajstić information content (AvgIpc) is 2.96. The first-order chi connectivity index (χ1) is 11.7. The van der Waals surface area contributed by atoms with Crippen molar-refractivity contribution >= 4 is 28.5 Å². The number of nitrogen functional groups attached to an aromatic ring is 1. The number of benzene rings is 1. The number of ether oxygens (including phenoxy) is 1. The van der Waals surface area contributed by atoms with Gasteiger partial charge in [-0.15, -0.1) is 5.10 Å². The Bertz CT molecular complexity index is 1020. The SMILES string of the molecule is Nc1ncnc2c1c(Oc1cccc(Cl)c1)nn2-c1ncccn1. The lowest BCUT2D eigenvalue weighted by atomic mass is 10.3. The van der Waals surface area contributed by atoms with Crippen LogP contribution in [0.3, 0.4) is 0 Å². The lowest BCUT2D eigenvalue weighted by Crippen LogP contribution is -2.03. The summed E-state index contributed by atoms with van der Waals surface area (Å²) in [6.45, 7) is 0. The summed E-state index contributed by atoms with van der Waals surface area (Å²) in [5.74, 6) is 1.37. The fourth-order valence-corrected chi connectivity index (χ4v) is 2.38. The first-order valence-corrected chi connectivity index (χ1v) is 7.30. The van der Waals surface area contributed by atoms with E-state index in [0.29, 0.717) is 27.8 Å². The molecule has 0 fully saturated rings. The van der Waals surface area contributed by atoms with Crippen LogP contribution >= 0.6 is 11.6 Å². The topological polar surface area (TPSA) is 105 Å². The summed E-state index contributed by atoms with van der Waals surface area (Å²) in [7, 11) is 0. The van der Waals surface area contributed by atoms with Gasteiger partial charge >= 0.3 is 0 Å². The van der Waals surface area contributed by atoms with Crippen molar-refractivity contribution in [3.05, 3.63) is 54.1 Å². The Morgan fingerprint density at radius 2 is 1.88 bits per heavy atom. The molecule has 0 amide bonds. The lowest BCUT2D eigenvalue weighted by Gasteiger charge is -2.03. The van der Waals surface area contributed by atoms with Gasteiger partial charge in [0.05, 0.1) is 0 Å². The quantitative estimate of drug-likeness (QED) is 0.611. The average molecular weight is 340 g/mol. The van der Waals surface area contributed by atoms with Gasteiger partial charge in [0, 0.05) is 17.4 Å². The second kappa shape index (κ2) is 5.74. The fraction of sp³-hybridized carbons (Fsp3) is 0. The molecule has 3 heterocycles. The molecule has 0 aliphatic heterocycles. The second-order valence-corrected chi connectivity index (χ2v) is 5.22. The third-order valence-corrected chi connectivity index (χ3v) is 3.45. The summed E-state index contributed by atoms with van der Waals surface area (Å²) < 4.78 is 7.28. The van der Waals surface area contributed by atoms with Crippen molar-refractivity contribution in [3.63, 3.8) is 0 Å². The molecule has 0 unspecified atom stereocenters. The van der Waals surface area contributed by atoms with E-state index < -0.39 is 0 Å². The van der Waals surface area contributed by atoms with E-state index in [-0.39, 0.29) is 11.7 Å².